The first-order chi connectivity index (χ1) is 15.2. The predicted molar refractivity (Wildman–Crippen MR) is 134 cm³/mol. The number of carbonyl (C=O) groups is 1. The number of nitrogens with zero attached hydrogens (tertiary/aromatic N) is 1. The summed E-state index contributed by atoms with van der Waals surface area (Å²) < 4.78 is 27.0. The predicted octanol–water partition coefficient (Wildman–Crippen LogP) is 4.89. The molecule has 1 aliphatic heterocycles. The van der Waals surface area contributed by atoms with E-state index in [-0.39, 0.29) is 17.6 Å². The van der Waals surface area contributed by atoms with Crippen LogP contribution in [0.5, 0.6) is 0 Å². The van der Waals surface area contributed by atoms with Crippen LogP contribution in [0.25, 0.3) is 0 Å². The Morgan fingerprint density at radius 3 is 2.59 bits per heavy atom. The number of benzene rings is 2. The molecule has 3 rings (SSSR count). The SMILES string of the molecule is Cc1cccc(CS(=O)(=O)N2CCC(C(=O)NCCSCc3ccc(Cl)cc3Cl)CC2)c1. The summed E-state index contributed by atoms with van der Waals surface area (Å²) in [4.78, 5) is 12.5. The lowest BCUT2D eigenvalue weighted by Gasteiger charge is -2.30. The van der Waals surface area contributed by atoms with Crippen molar-refractivity contribution >= 4 is 50.9 Å². The Morgan fingerprint density at radius 1 is 1.16 bits per heavy atom. The minimum Gasteiger partial charge on any atom is -0.355 e. The Labute approximate surface area is 204 Å². The van der Waals surface area contributed by atoms with Gasteiger partial charge >= 0.3 is 0 Å². The van der Waals surface area contributed by atoms with Gasteiger partial charge in [0.2, 0.25) is 15.9 Å². The number of hydrogen-bond acceptors (Lipinski definition) is 4. The molecule has 0 unspecified atom stereocenters. The van der Waals surface area contributed by atoms with Gasteiger partial charge in [0.1, 0.15) is 0 Å². The summed E-state index contributed by atoms with van der Waals surface area (Å²) in [6, 6.07) is 13.0. The number of aryl methyl sites for hydroxylation is 1. The molecular formula is C23H28Cl2N2O3S2. The minimum atomic E-state index is -3.38. The summed E-state index contributed by atoms with van der Waals surface area (Å²) in [7, 11) is -3.38. The third kappa shape index (κ3) is 7.39. The van der Waals surface area contributed by atoms with Gasteiger partial charge in [-0.1, -0.05) is 59.1 Å². The van der Waals surface area contributed by atoms with Crippen molar-refractivity contribution in [2.24, 2.45) is 5.92 Å². The van der Waals surface area contributed by atoms with Crippen molar-refractivity contribution in [1.29, 1.82) is 0 Å². The minimum absolute atomic E-state index is 0.000399. The molecule has 0 radical (unpaired) electrons. The van der Waals surface area contributed by atoms with E-state index in [0.29, 0.717) is 42.5 Å². The maximum atomic E-state index is 12.8. The molecule has 1 N–H and O–H groups in total. The van der Waals surface area contributed by atoms with E-state index in [1.165, 1.54) is 4.31 Å². The van der Waals surface area contributed by atoms with Crippen LogP contribution < -0.4 is 5.32 Å². The first-order valence-corrected chi connectivity index (χ1v) is 14.1. The quantitative estimate of drug-likeness (QED) is 0.483. The maximum Gasteiger partial charge on any atom is 0.223 e. The molecular weight excluding hydrogens is 487 g/mol. The zero-order valence-electron chi connectivity index (χ0n) is 18.0. The van der Waals surface area contributed by atoms with Gasteiger partial charge in [0, 0.05) is 47.1 Å². The molecule has 1 amide bonds. The van der Waals surface area contributed by atoms with Gasteiger partial charge in [-0.25, -0.2) is 12.7 Å². The Bertz CT molecular complexity index is 1040. The molecule has 1 fully saturated rings. The molecule has 0 saturated carbocycles. The molecule has 2 aromatic rings. The molecule has 174 valence electrons. The van der Waals surface area contributed by atoms with Crippen LogP contribution in [0, 0.1) is 12.8 Å². The average Bonchev–Trinajstić information content (AvgIpc) is 2.74. The summed E-state index contributed by atoms with van der Waals surface area (Å²) >= 11 is 13.8. The topological polar surface area (TPSA) is 66.5 Å². The molecule has 0 bridgehead atoms. The molecule has 1 heterocycles. The zero-order valence-corrected chi connectivity index (χ0v) is 21.2. The Balaban J connectivity index is 1.37. The van der Waals surface area contributed by atoms with Crippen molar-refractivity contribution in [1.82, 2.24) is 9.62 Å². The Hall–Kier alpha value is -1.25. The fourth-order valence-corrected chi connectivity index (χ4v) is 6.68. The second-order valence-corrected chi connectivity index (χ2v) is 11.9. The van der Waals surface area contributed by atoms with E-state index in [0.717, 1.165) is 28.2 Å². The number of halogens is 2. The lowest BCUT2D eigenvalue weighted by molar-refractivity contribution is -0.125. The van der Waals surface area contributed by atoms with Gasteiger partial charge in [-0.2, -0.15) is 11.8 Å². The van der Waals surface area contributed by atoms with Crippen molar-refractivity contribution in [2.75, 3.05) is 25.4 Å². The van der Waals surface area contributed by atoms with Crippen molar-refractivity contribution < 1.29 is 13.2 Å². The normalized spacial score (nSPS) is 15.6. The molecule has 9 heteroatoms. The molecule has 0 aliphatic carbocycles. The van der Waals surface area contributed by atoms with Crippen LogP contribution in [-0.2, 0) is 26.3 Å². The smallest absolute Gasteiger partial charge is 0.223 e. The largest absolute Gasteiger partial charge is 0.355 e. The van der Waals surface area contributed by atoms with Gasteiger partial charge < -0.3 is 5.32 Å². The van der Waals surface area contributed by atoms with Gasteiger partial charge in [0.15, 0.2) is 0 Å². The van der Waals surface area contributed by atoms with E-state index in [2.05, 4.69) is 5.32 Å². The van der Waals surface area contributed by atoms with Crippen LogP contribution in [0.4, 0.5) is 0 Å². The molecule has 1 saturated heterocycles. The average molecular weight is 516 g/mol. The standard InChI is InChI=1S/C23H28Cl2N2O3S2/c1-17-3-2-4-18(13-17)16-32(29,30)27-10-7-19(8-11-27)23(28)26-9-12-31-15-20-5-6-21(24)14-22(20)25/h2-6,13-14,19H,7-12,15-16H2,1H3,(H,26,28). The number of rotatable bonds is 9. The van der Waals surface area contributed by atoms with Gasteiger partial charge in [-0.15, -0.1) is 0 Å². The fraction of sp³-hybridized carbons (Fsp3) is 0.435. The molecule has 32 heavy (non-hydrogen) atoms. The monoisotopic (exact) mass is 514 g/mol. The maximum absolute atomic E-state index is 12.8. The molecule has 1 aliphatic rings. The lowest BCUT2D eigenvalue weighted by atomic mass is 9.97. The fourth-order valence-electron chi connectivity index (χ4n) is 3.71. The summed E-state index contributed by atoms with van der Waals surface area (Å²) in [6.45, 7) is 3.29. The zero-order chi connectivity index (χ0) is 23.1. The lowest BCUT2D eigenvalue weighted by Crippen LogP contribution is -2.43. The van der Waals surface area contributed by atoms with Crippen molar-refractivity contribution in [3.8, 4) is 0 Å². The second-order valence-electron chi connectivity index (χ2n) is 8.00. The first-order valence-electron chi connectivity index (χ1n) is 10.6. The van der Waals surface area contributed by atoms with Gasteiger partial charge in [-0.05, 0) is 43.0 Å². The summed E-state index contributed by atoms with van der Waals surface area (Å²) in [5.74, 6) is 1.39. The van der Waals surface area contributed by atoms with E-state index in [4.69, 9.17) is 23.2 Å². The van der Waals surface area contributed by atoms with E-state index in [1.807, 2.05) is 43.3 Å². The third-order valence-electron chi connectivity index (χ3n) is 5.47. The Morgan fingerprint density at radius 2 is 1.91 bits per heavy atom. The number of thioether (sulfide) groups is 1. The molecule has 5 nitrogen and oxygen atoms in total. The van der Waals surface area contributed by atoms with Gasteiger partial charge in [0.05, 0.1) is 5.75 Å². The number of amides is 1. The van der Waals surface area contributed by atoms with Crippen LogP contribution in [0.2, 0.25) is 10.0 Å². The molecule has 0 aromatic heterocycles. The van der Waals surface area contributed by atoms with E-state index in [1.54, 1.807) is 17.8 Å². The highest BCUT2D eigenvalue weighted by atomic mass is 35.5. The number of sulfonamides is 1. The van der Waals surface area contributed by atoms with E-state index in [9.17, 15) is 13.2 Å². The summed E-state index contributed by atoms with van der Waals surface area (Å²) in [6.07, 6.45) is 1.10. The van der Waals surface area contributed by atoms with E-state index >= 15 is 0 Å². The summed E-state index contributed by atoms with van der Waals surface area (Å²) in [5.41, 5.74) is 2.86. The number of carbonyl (C=O) groups excluding carboxylic acids is 1. The Kier molecular flexibility index (Phi) is 9.32. The summed E-state index contributed by atoms with van der Waals surface area (Å²) in [5, 5.41) is 4.25. The van der Waals surface area contributed by atoms with Gasteiger partial charge in [-0.3, -0.25) is 4.79 Å². The molecule has 2 aromatic carbocycles. The van der Waals surface area contributed by atoms with Crippen LogP contribution in [-0.4, -0.2) is 44.0 Å². The van der Waals surface area contributed by atoms with Crippen LogP contribution in [0.1, 0.15) is 29.5 Å². The third-order valence-corrected chi connectivity index (χ3v) is 8.91. The van der Waals surface area contributed by atoms with Crippen LogP contribution >= 0.6 is 35.0 Å². The van der Waals surface area contributed by atoms with Crippen LogP contribution in [0.15, 0.2) is 42.5 Å². The van der Waals surface area contributed by atoms with Gasteiger partial charge in [0.25, 0.3) is 0 Å². The van der Waals surface area contributed by atoms with Crippen molar-refractivity contribution in [3.63, 3.8) is 0 Å². The van der Waals surface area contributed by atoms with Crippen molar-refractivity contribution in [2.45, 2.75) is 31.3 Å². The first kappa shape index (κ1) is 25.4. The molecule has 0 atom stereocenters. The number of hydrogen-bond donors (Lipinski definition) is 1. The number of piperidine rings is 1. The molecule has 0 spiro atoms. The van der Waals surface area contributed by atoms with Crippen molar-refractivity contribution in [3.05, 3.63) is 69.2 Å². The van der Waals surface area contributed by atoms with Crippen LogP contribution in [0.3, 0.4) is 0 Å². The highest BCUT2D eigenvalue weighted by Crippen LogP contribution is 2.25. The highest BCUT2D eigenvalue weighted by Gasteiger charge is 2.31. The van der Waals surface area contributed by atoms with E-state index < -0.39 is 10.0 Å². The second kappa shape index (κ2) is 11.7. The number of nitrogens with one attached hydrogen (secondary N) is 1. The highest BCUT2D eigenvalue weighted by molar-refractivity contribution is 7.98.